The standard InChI is InChI=1S/C12H13ClN2O5/c13-7-2-1-3-8(4-7)20-6-11(17)15-9(12(18)19)5-10(14)16/h1-4,9H,5-6H2,(H2,14,16)(H,15,17)(H,18,19)/t9-/m0/s1. The molecule has 4 N–H and O–H groups in total. The van der Waals surface area contributed by atoms with E-state index in [0.717, 1.165) is 0 Å². The van der Waals surface area contributed by atoms with Crippen LogP contribution < -0.4 is 15.8 Å². The van der Waals surface area contributed by atoms with Crippen LogP contribution >= 0.6 is 11.6 Å². The molecule has 2 amide bonds. The summed E-state index contributed by atoms with van der Waals surface area (Å²) in [5.41, 5.74) is 4.89. The van der Waals surface area contributed by atoms with Crippen molar-refractivity contribution in [1.29, 1.82) is 0 Å². The number of amides is 2. The van der Waals surface area contributed by atoms with E-state index in [0.29, 0.717) is 10.8 Å². The van der Waals surface area contributed by atoms with Crippen LogP contribution in [-0.2, 0) is 14.4 Å². The number of hydrogen-bond acceptors (Lipinski definition) is 4. The van der Waals surface area contributed by atoms with Crippen LogP contribution in [0.1, 0.15) is 6.42 Å². The molecular weight excluding hydrogens is 288 g/mol. The van der Waals surface area contributed by atoms with Gasteiger partial charge in [-0.15, -0.1) is 0 Å². The molecular formula is C12H13ClN2O5. The molecule has 1 rings (SSSR count). The van der Waals surface area contributed by atoms with Gasteiger partial charge in [-0.1, -0.05) is 17.7 Å². The lowest BCUT2D eigenvalue weighted by Gasteiger charge is -2.13. The second-order valence-electron chi connectivity index (χ2n) is 3.87. The molecule has 0 aliphatic carbocycles. The van der Waals surface area contributed by atoms with E-state index in [1.165, 1.54) is 6.07 Å². The van der Waals surface area contributed by atoms with Crippen molar-refractivity contribution in [1.82, 2.24) is 5.32 Å². The summed E-state index contributed by atoms with van der Waals surface area (Å²) in [4.78, 5) is 33.0. The minimum absolute atomic E-state index is 0.370. The van der Waals surface area contributed by atoms with Crippen molar-refractivity contribution in [3.63, 3.8) is 0 Å². The number of carbonyl (C=O) groups excluding carboxylic acids is 2. The van der Waals surface area contributed by atoms with Crippen molar-refractivity contribution < 1.29 is 24.2 Å². The zero-order chi connectivity index (χ0) is 15.1. The van der Waals surface area contributed by atoms with Gasteiger partial charge in [0.15, 0.2) is 6.61 Å². The molecule has 0 fully saturated rings. The van der Waals surface area contributed by atoms with Crippen molar-refractivity contribution in [2.45, 2.75) is 12.5 Å². The highest BCUT2D eigenvalue weighted by Crippen LogP contribution is 2.16. The van der Waals surface area contributed by atoms with E-state index in [2.05, 4.69) is 5.32 Å². The maximum atomic E-state index is 11.5. The number of carbonyl (C=O) groups is 3. The summed E-state index contributed by atoms with van der Waals surface area (Å²) in [6.45, 7) is -0.400. The summed E-state index contributed by atoms with van der Waals surface area (Å²) in [5.74, 6) is -2.48. The minimum Gasteiger partial charge on any atom is -0.484 e. The summed E-state index contributed by atoms with van der Waals surface area (Å²) in [6, 6.07) is 5.01. The molecule has 8 heteroatoms. The van der Waals surface area contributed by atoms with Gasteiger partial charge >= 0.3 is 5.97 Å². The van der Waals surface area contributed by atoms with Crippen molar-refractivity contribution >= 4 is 29.4 Å². The van der Waals surface area contributed by atoms with Gasteiger partial charge in [-0.3, -0.25) is 9.59 Å². The van der Waals surface area contributed by atoms with Crippen LogP contribution in [0.4, 0.5) is 0 Å². The Morgan fingerprint density at radius 2 is 2.10 bits per heavy atom. The highest BCUT2D eigenvalue weighted by molar-refractivity contribution is 6.30. The molecule has 0 aliphatic heterocycles. The van der Waals surface area contributed by atoms with E-state index in [1.807, 2.05) is 0 Å². The topological polar surface area (TPSA) is 119 Å². The monoisotopic (exact) mass is 300 g/mol. The first-order valence-electron chi connectivity index (χ1n) is 5.57. The van der Waals surface area contributed by atoms with Crippen LogP contribution in [0.5, 0.6) is 5.75 Å². The molecule has 0 spiro atoms. The van der Waals surface area contributed by atoms with Crippen molar-refractivity contribution in [2.24, 2.45) is 5.73 Å². The first-order valence-corrected chi connectivity index (χ1v) is 5.95. The SMILES string of the molecule is NC(=O)C[C@H](NC(=O)COc1cccc(Cl)c1)C(=O)O. The summed E-state index contributed by atoms with van der Waals surface area (Å²) in [7, 11) is 0. The zero-order valence-corrected chi connectivity index (χ0v) is 11.1. The average Bonchev–Trinajstić information content (AvgIpc) is 2.35. The van der Waals surface area contributed by atoms with E-state index in [1.54, 1.807) is 18.2 Å². The van der Waals surface area contributed by atoms with Crippen molar-refractivity contribution in [2.75, 3.05) is 6.61 Å². The summed E-state index contributed by atoms with van der Waals surface area (Å²) in [5, 5.41) is 11.4. The molecule has 0 saturated carbocycles. The number of benzene rings is 1. The number of primary amides is 1. The third kappa shape index (κ3) is 5.57. The van der Waals surface area contributed by atoms with E-state index in [9.17, 15) is 14.4 Å². The predicted molar refractivity (Wildman–Crippen MR) is 70.3 cm³/mol. The van der Waals surface area contributed by atoms with Gasteiger partial charge in [0.1, 0.15) is 11.8 Å². The smallest absolute Gasteiger partial charge is 0.326 e. The van der Waals surface area contributed by atoms with Crippen LogP contribution in [-0.4, -0.2) is 35.5 Å². The molecule has 0 unspecified atom stereocenters. The van der Waals surface area contributed by atoms with Gasteiger partial charge in [0, 0.05) is 5.02 Å². The minimum atomic E-state index is -1.37. The Hall–Kier alpha value is -2.28. The first-order chi connectivity index (χ1) is 9.38. The number of aliphatic carboxylic acids is 1. The molecule has 7 nitrogen and oxygen atoms in total. The molecule has 0 radical (unpaired) electrons. The second-order valence-corrected chi connectivity index (χ2v) is 4.31. The molecule has 0 bridgehead atoms. The maximum absolute atomic E-state index is 11.5. The Bertz CT molecular complexity index is 520. The number of carboxylic acid groups (broad SMARTS) is 1. The van der Waals surface area contributed by atoms with E-state index in [4.69, 9.17) is 27.2 Å². The molecule has 0 aliphatic rings. The van der Waals surface area contributed by atoms with Crippen LogP contribution in [0.2, 0.25) is 5.02 Å². The maximum Gasteiger partial charge on any atom is 0.326 e. The fourth-order valence-electron chi connectivity index (χ4n) is 1.34. The first kappa shape index (κ1) is 15.8. The lowest BCUT2D eigenvalue weighted by atomic mass is 10.2. The zero-order valence-electron chi connectivity index (χ0n) is 10.3. The molecule has 0 heterocycles. The van der Waals surface area contributed by atoms with Crippen LogP contribution in [0.25, 0.3) is 0 Å². The fourth-order valence-corrected chi connectivity index (χ4v) is 1.52. The number of ether oxygens (including phenoxy) is 1. The van der Waals surface area contributed by atoms with Gasteiger partial charge in [-0.05, 0) is 18.2 Å². The van der Waals surface area contributed by atoms with Crippen molar-refractivity contribution in [3.05, 3.63) is 29.3 Å². The molecule has 0 saturated heterocycles. The van der Waals surface area contributed by atoms with E-state index < -0.39 is 36.9 Å². The third-order valence-electron chi connectivity index (χ3n) is 2.20. The lowest BCUT2D eigenvalue weighted by Crippen LogP contribution is -2.45. The quantitative estimate of drug-likeness (QED) is 0.663. The average molecular weight is 301 g/mol. The Kier molecular flexibility index (Phi) is 5.79. The largest absolute Gasteiger partial charge is 0.484 e. The molecule has 20 heavy (non-hydrogen) atoms. The highest BCUT2D eigenvalue weighted by Gasteiger charge is 2.22. The number of hydrogen-bond donors (Lipinski definition) is 3. The molecule has 108 valence electrons. The normalized spacial score (nSPS) is 11.4. The number of nitrogens with two attached hydrogens (primary N) is 1. The lowest BCUT2D eigenvalue weighted by molar-refractivity contribution is -0.143. The highest BCUT2D eigenvalue weighted by atomic mass is 35.5. The van der Waals surface area contributed by atoms with Gasteiger partial charge in [0.2, 0.25) is 5.91 Å². The number of rotatable bonds is 7. The number of carboxylic acids is 1. The molecule has 0 aromatic heterocycles. The van der Waals surface area contributed by atoms with Gasteiger partial charge < -0.3 is 20.9 Å². The third-order valence-corrected chi connectivity index (χ3v) is 2.44. The van der Waals surface area contributed by atoms with Crippen LogP contribution in [0, 0.1) is 0 Å². The summed E-state index contributed by atoms with van der Waals surface area (Å²) >= 11 is 5.73. The Morgan fingerprint density at radius 1 is 1.40 bits per heavy atom. The van der Waals surface area contributed by atoms with Gasteiger partial charge in [0.05, 0.1) is 6.42 Å². The van der Waals surface area contributed by atoms with E-state index >= 15 is 0 Å². The molecule has 1 atom stereocenters. The Morgan fingerprint density at radius 3 is 2.65 bits per heavy atom. The molecule has 1 aromatic carbocycles. The summed E-state index contributed by atoms with van der Waals surface area (Å²) in [6.07, 6.45) is -0.488. The fraction of sp³-hybridized carbons (Fsp3) is 0.250. The second kappa shape index (κ2) is 7.34. The number of nitrogens with one attached hydrogen (secondary N) is 1. The number of halogens is 1. The Balaban J connectivity index is 2.49. The van der Waals surface area contributed by atoms with E-state index in [-0.39, 0.29) is 0 Å². The molecule has 1 aromatic rings. The van der Waals surface area contributed by atoms with Crippen LogP contribution in [0.15, 0.2) is 24.3 Å². The Labute approximate surface area is 119 Å². The van der Waals surface area contributed by atoms with Gasteiger partial charge in [-0.25, -0.2) is 4.79 Å². The van der Waals surface area contributed by atoms with Crippen LogP contribution in [0.3, 0.4) is 0 Å². The van der Waals surface area contributed by atoms with Crippen molar-refractivity contribution in [3.8, 4) is 5.75 Å². The van der Waals surface area contributed by atoms with Gasteiger partial charge in [0.25, 0.3) is 5.91 Å². The van der Waals surface area contributed by atoms with Gasteiger partial charge in [-0.2, -0.15) is 0 Å². The summed E-state index contributed by atoms with van der Waals surface area (Å²) < 4.78 is 5.13. The predicted octanol–water partition coefficient (Wildman–Crippen LogP) is 0.164.